The number of amides is 1. The Morgan fingerprint density at radius 1 is 1.12 bits per heavy atom. The van der Waals surface area contributed by atoms with E-state index in [0.29, 0.717) is 24.5 Å². The lowest BCUT2D eigenvalue weighted by Gasteiger charge is -2.36. The molecular formula is C28H42N4O2. The molecule has 0 bridgehead atoms. The summed E-state index contributed by atoms with van der Waals surface area (Å²) in [5, 5.41) is 12.4. The Morgan fingerprint density at radius 2 is 1.85 bits per heavy atom. The zero-order valence-electron chi connectivity index (χ0n) is 21.8. The zero-order chi connectivity index (χ0) is 24.4. The molecule has 1 atom stereocenters. The number of aryl methyl sites for hydroxylation is 2. The Balaban J connectivity index is 1.51. The molecular weight excluding hydrogens is 424 g/mol. The third-order valence-electron chi connectivity index (χ3n) is 7.01. The third-order valence-corrected chi connectivity index (χ3v) is 7.01. The standard InChI is InChI=1S/C28H42N4O2/c1-17(2)11-21-13-22(14-21)27-30-31-28(32(27)23-8-9-23)25(34-16-18(3)4)15-26(33)29-24-10-7-19(5)12-20(24)6/h7,10,12,17-18,21-23,25H,8-9,11,13-16H2,1-6H3,(H,29,33)/t21?,22?,25-/m0/s1. The average Bonchev–Trinajstić information content (AvgIpc) is 3.48. The predicted molar refractivity (Wildman–Crippen MR) is 136 cm³/mol. The molecule has 2 saturated carbocycles. The quantitative estimate of drug-likeness (QED) is 0.410. The average molecular weight is 467 g/mol. The van der Waals surface area contributed by atoms with Gasteiger partial charge >= 0.3 is 0 Å². The maximum Gasteiger partial charge on any atom is 0.227 e. The van der Waals surface area contributed by atoms with E-state index in [1.54, 1.807) is 0 Å². The summed E-state index contributed by atoms with van der Waals surface area (Å²) in [4.78, 5) is 13.1. The van der Waals surface area contributed by atoms with Crippen LogP contribution in [0.5, 0.6) is 0 Å². The van der Waals surface area contributed by atoms with Gasteiger partial charge < -0.3 is 14.6 Å². The summed E-state index contributed by atoms with van der Waals surface area (Å²) in [6, 6.07) is 6.54. The van der Waals surface area contributed by atoms with E-state index >= 15 is 0 Å². The van der Waals surface area contributed by atoms with Crippen molar-refractivity contribution >= 4 is 11.6 Å². The molecule has 2 aromatic rings. The van der Waals surface area contributed by atoms with Gasteiger partial charge in [0.25, 0.3) is 0 Å². The summed E-state index contributed by atoms with van der Waals surface area (Å²) in [6.45, 7) is 13.5. The monoisotopic (exact) mass is 466 g/mol. The molecule has 1 amide bonds. The number of hydrogen-bond acceptors (Lipinski definition) is 4. The number of carbonyl (C=O) groups excluding carboxylic acids is 1. The molecule has 1 aromatic heterocycles. The first-order valence-corrected chi connectivity index (χ1v) is 13.1. The smallest absolute Gasteiger partial charge is 0.227 e. The van der Waals surface area contributed by atoms with Crippen LogP contribution in [0.4, 0.5) is 5.69 Å². The van der Waals surface area contributed by atoms with Crippen molar-refractivity contribution in [3.8, 4) is 0 Å². The van der Waals surface area contributed by atoms with Crippen molar-refractivity contribution < 1.29 is 9.53 Å². The highest BCUT2D eigenvalue weighted by molar-refractivity contribution is 5.91. The maximum atomic E-state index is 13.1. The Hall–Kier alpha value is -2.21. The fourth-order valence-electron chi connectivity index (χ4n) is 5.18. The minimum absolute atomic E-state index is 0.0479. The number of nitrogens with zero attached hydrogens (tertiary/aromatic N) is 3. The molecule has 186 valence electrons. The van der Waals surface area contributed by atoms with Gasteiger partial charge in [-0.15, -0.1) is 10.2 Å². The lowest BCUT2D eigenvalue weighted by Crippen LogP contribution is -2.27. The number of aromatic nitrogens is 3. The van der Waals surface area contributed by atoms with E-state index in [9.17, 15) is 4.79 Å². The predicted octanol–water partition coefficient (Wildman–Crippen LogP) is 6.51. The SMILES string of the molecule is Cc1ccc(NC(=O)C[C@H](OCC(C)C)c2nnc(C3CC(CC(C)C)C3)n2C2CC2)c(C)c1. The van der Waals surface area contributed by atoms with Crippen LogP contribution in [0.15, 0.2) is 18.2 Å². The highest BCUT2D eigenvalue weighted by atomic mass is 16.5. The second-order valence-corrected chi connectivity index (χ2v) is 11.5. The van der Waals surface area contributed by atoms with Crippen molar-refractivity contribution in [3.05, 3.63) is 41.0 Å². The number of nitrogens with one attached hydrogen (secondary N) is 1. The van der Waals surface area contributed by atoms with Crippen LogP contribution in [0.2, 0.25) is 0 Å². The number of ether oxygens (including phenoxy) is 1. The van der Waals surface area contributed by atoms with Crippen LogP contribution in [0.25, 0.3) is 0 Å². The fourth-order valence-corrected chi connectivity index (χ4v) is 5.18. The summed E-state index contributed by atoms with van der Waals surface area (Å²) in [6.07, 6.45) is 5.87. The van der Waals surface area contributed by atoms with Crippen LogP contribution >= 0.6 is 0 Å². The largest absolute Gasteiger partial charge is 0.369 e. The van der Waals surface area contributed by atoms with Crippen molar-refractivity contribution in [1.82, 2.24) is 14.8 Å². The minimum atomic E-state index is -0.387. The van der Waals surface area contributed by atoms with Crippen molar-refractivity contribution in [3.63, 3.8) is 0 Å². The summed E-state index contributed by atoms with van der Waals surface area (Å²) in [5.74, 6) is 4.31. The molecule has 6 heteroatoms. The molecule has 4 rings (SSSR count). The van der Waals surface area contributed by atoms with Gasteiger partial charge in [0.2, 0.25) is 5.91 Å². The van der Waals surface area contributed by atoms with Gasteiger partial charge in [-0.2, -0.15) is 0 Å². The first-order valence-electron chi connectivity index (χ1n) is 13.1. The van der Waals surface area contributed by atoms with Gasteiger partial charge in [-0.05, 0) is 75.3 Å². The van der Waals surface area contributed by atoms with Crippen LogP contribution in [0.3, 0.4) is 0 Å². The van der Waals surface area contributed by atoms with Gasteiger partial charge in [0.15, 0.2) is 5.82 Å². The van der Waals surface area contributed by atoms with Gasteiger partial charge in [-0.25, -0.2) is 0 Å². The molecule has 2 aliphatic carbocycles. The highest BCUT2D eigenvalue weighted by Crippen LogP contribution is 2.47. The molecule has 6 nitrogen and oxygen atoms in total. The van der Waals surface area contributed by atoms with Crippen molar-refractivity contribution in [2.75, 3.05) is 11.9 Å². The Bertz CT molecular complexity index is 986. The number of benzene rings is 1. The van der Waals surface area contributed by atoms with Crippen molar-refractivity contribution in [2.24, 2.45) is 17.8 Å². The van der Waals surface area contributed by atoms with Gasteiger partial charge in [0, 0.05) is 24.3 Å². The van der Waals surface area contributed by atoms with Gasteiger partial charge in [0.1, 0.15) is 11.9 Å². The lowest BCUT2D eigenvalue weighted by atomic mass is 9.71. The van der Waals surface area contributed by atoms with Crippen LogP contribution < -0.4 is 5.32 Å². The van der Waals surface area contributed by atoms with Gasteiger partial charge in [-0.1, -0.05) is 45.4 Å². The van der Waals surface area contributed by atoms with E-state index in [4.69, 9.17) is 4.74 Å². The van der Waals surface area contributed by atoms with Crippen LogP contribution in [-0.2, 0) is 9.53 Å². The molecule has 0 spiro atoms. The van der Waals surface area contributed by atoms with E-state index in [2.05, 4.69) is 60.8 Å². The van der Waals surface area contributed by atoms with Crippen LogP contribution in [0, 0.1) is 31.6 Å². The molecule has 1 heterocycles. The van der Waals surface area contributed by atoms with Crippen LogP contribution in [0.1, 0.15) is 107 Å². The molecule has 1 aromatic carbocycles. The van der Waals surface area contributed by atoms with Crippen molar-refractivity contribution in [1.29, 1.82) is 0 Å². The number of hydrogen-bond donors (Lipinski definition) is 1. The third kappa shape index (κ3) is 6.07. The Kier molecular flexibility index (Phi) is 7.76. The van der Waals surface area contributed by atoms with E-state index in [1.165, 1.54) is 24.8 Å². The Labute approximate surface area is 204 Å². The molecule has 2 fully saturated rings. The second-order valence-electron chi connectivity index (χ2n) is 11.5. The molecule has 34 heavy (non-hydrogen) atoms. The zero-order valence-corrected chi connectivity index (χ0v) is 21.8. The number of rotatable bonds is 11. The van der Waals surface area contributed by atoms with E-state index in [1.807, 2.05) is 19.1 Å². The van der Waals surface area contributed by atoms with Gasteiger partial charge in [-0.3, -0.25) is 4.79 Å². The molecule has 0 saturated heterocycles. The first kappa shape index (κ1) is 24.9. The fraction of sp³-hybridized carbons (Fsp3) is 0.679. The molecule has 0 unspecified atom stereocenters. The Morgan fingerprint density at radius 3 is 2.47 bits per heavy atom. The van der Waals surface area contributed by atoms with E-state index in [0.717, 1.165) is 47.6 Å². The topological polar surface area (TPSA) is 69.0 Å². The minimum Gasteiger partial charge on any atom is -0.369 e. The molecule has 2 aliphatic rings. The van der Waals surface area contributed by atoms with Crippen molar-refractivity contribution in [2.45, 2.75) is 98.1 Å². The summed E-state index contributed by atoms with van der Waals surface area (Å²) in [7, 11) is 0. The molecule has 0 radical (unpaired) electrons. The normalized spacial score (nSPS) is 21.1. The van der Waals surface area contributed by atoms with Gasteiger partial charge in [0.05, 0.1) is 6.42 Å². The molecule has 0 aliphatic heterocycles. The first-order chi connectivity index (χ1) is 16.2. The number of carbonyl (C=O) groups is 1. The maximum absolute atomic E-state index is 13.1. The van der Waals surface area contributed by atoms with E-state index < -0.39 is 0 Å². The highest BCUT2D eigenvalue weighted by Gasteiger charge is 2.40. The summed E-state index contributed by atoms with van der Waals surface area (Å²) >= 11 is 0. The summed E-state index contributed by atoms with van der Waals surface area (Å²) in [5.41, 5.74) is 3.11. The van der Waals surface area contributed by atoms with Crippen LogP contribution in [-0.4, -0.2) is 27.3 Å². The number of anilines is 1. The lowest BCUT2D eigenvalue weighted by molar-refractivity contribution is -0.119. The van der Waals surface area contributed by atoms with E-state index in [-0.39, 0.29) is 18.4 Å². The molecule has 1 N–H and O–H groups in total. The summed E-state index contributed by atoms with van der Waals surface area (Å²) < 4.78 is 8.64. The second kappa shape index (κ2) is 10.6.